The van der Waals surface area contributed by atoms with Crippen LogP contribution in [0.5, 0.6) is 0 Å². The number of aryl methyl sites for hydroxylation is 2. The van der Waals surface area contributed by atoms with Crippen molar-refractivity contribution in [2.75, 3.05) is 18.6 Å². The molecular weight excluding hydrogens is 172 g/mol. The van der Waals surface area contributed by atoms with E-state index in [9.17, 15) is 0 Å². The van der Waals surface area contributed by atoms with Crippen LogP contribution in [0.2, 0.25) is 0 Å². The molecule has 0 atom stereocenters. The molecule has 74 valence electrons. The lowest BCUT2D eigenvalue weighted by molar-refractivity contribution is 0.495. The van der Waals surface area contributed by atoms with Crippen LogP contribution in [-0.2, 0) is 0 Å². The fraction of sp³-hybridized carbons (Fsp3) is 0.333. The summed E-state index contributed by atoms with van der Waals surface area (Å²) in [6, 6.07) is 6.57. The molecule has 0 unspecified atom stereocenters. The summed E-state index contributed by atoms with van der Waals surface area (Å²) >= 11 is 0. The molecule has 0 saturated carbocycles. The Kier molecular flexibility index (Phi) is 2.20. The number of benzene rings is 1. The molecule has 1 heterocycles. The van der Waals surface area contributed by atoms with Gasteiger partial charge in [-0.05, 0) is 25.5 Å². The maximum absolute atomic E-state index is 2.26. The molecule has 0 spiro atoms. The highest BCUT2D eigenvalue weighted by atomic mass is 15.3. The molecule has 0 amide bonds. The minimum Gasteiger partial charge on any atom is -0.361 e. The van der Waals surface area contributed by atoms with Gasteiger partial charge in [0.25, 0.3) is 0 Å². The zero-order valence-electron chi connectivity index (χ0n) is 8.99. The van der Waals surface area contributed by atoms with E-state index in [0.29, 0.717) is 0 Å². The summed E-state index contributed by atoms with van der Waals surface area (Å²) in [5.41, 5.74) is 3.96. The number of hydrogen-bond acceptors (Lipinski definition) is 2. The molecule has 2 nitrogen and oxygen atoms in total. The molecule has 1 aliphatic heterocycles. The summed E-state index contributed by atoms with van der Waals surface area (Å²) in [7, 11) is 2.08. The van der Waals surface area contributed by atoms with Crippen molar-refractivity contribution in [1.82, 2.24) is 4.90 Å². The first kappa shape index (κ1) is 9.13. The predicted octanol–water partition coefficient (Wildman–Crippen LogP) is 2.48. The molecule has 0 fully saturated rings. The van der Waals surface area contributed by atoms with Crippen molar-refractivity contribution >= 4 is 5.69 Å². The molecule has 0 saturated heterocycles. The Morgan fingerprint density at radius 1 is 1.14 bits per heavy atom. The van der Waals surface area contributed by atoms with E-state index < -0.39 is 0 Å². The summed E-state index contributed by atoms with van der Waals surface area (Å²) in [6.45, 7) is 5.24. The van der Waals surface area contributed by atoms with Crippen molar-refractivity contribution in [3.05, 3.63) is 41.7 Å². The van der Waals surface area contributed by atoms with Gasteiger partial charge >= 0.3 is 0 Å². The third-order valence-electron chi connectivity index (χ3n) is 2.54. The molecule has 14 heavy (non-hydrogen) atoms. The molecule has 2 heteroatoms. The van der Waals surface area contributed by atoms with E-state index in [2.05, 4.69) is 61.3 Å². The Hall–Kier alpha value is -1.44. The van der Waals surface area contributed by atoms with Crippen LogP contribution in [0.3, 0.4) is 0 Å². The molecule has 0 bridgehead atoms. The molecule has 0 radical (unpaired) electrons. The SMILES string of the molecule is Cc1ccc(N2C=CN(C)C2)c(C)c1. The molecule has 1 aromatic rings. The highest BCUT2D eigenvalue weighted by Gasteiger charge is 2.11. The predicted molar refractivity (Wildman–Crippen MR) is 60.2 cm³/mol. The lowest BCUT2D eigenvalue weighted by Crippen LogP contribution is -2.22. The largest absolute Gasteiger partial charge is 0.361 e. The number of anilines is 1. The second-order valence-electron chi connectivity index (χ2n) is 3.96. The molecule has 0 aliphatic carbocycles. The smallest absolute Gasteiger partial charge is 0.0939 e. The average molecular weight is 188 g/mol. The van der Waals surface area contributed by atoms with Crippen LogP contribution in [0.1, 0.15) is 11.1 Å². The maximum atomic E-state index is 2.26. The molecule has 1 aromatic carbocycles. The van der Waals surface area contributed by atoms with Crippen molar-refractivity contribution in [2.45, 2.75) is 13.8 Å². The third-order valence-corrected chi connectivity index (χ3v) is 2.54. The van der Waals surface area contributed by atoms with Crippen molar-refractivity contribution in [3.63, 3.8) is 0 Å². The minimum absolute atomic E-state index is 0.948. The maximum Gasteiger partial charge on any atom is 0.0939 e. The summed E-state index contributed by atoms with van der Waals surface area (Å²) < 4.78 is 0. The zero-order valence-corrected chi connectivity index (χ0v) is 8.99. The summed E-state index contributed by atoms with van der Waals surface area (Å²) in [4.78, 5) is 4.42. The van der Waals surface area contributed by atoms with Gasteiger partial charge in [0.05, 0.1) is 6.67 Å². The normalized spacial score (nSPS) is 15.4. The van der Waals surface area contributed by atoms with E-state index in [1.165, 1.54) is 16.8 Å². The van der Waals surface area contributed by atoms with E-state index in [-0.39, 0.29) is 0 Å². The summed E-state index contributed by atoms with van der Waals surface area (Å²) in [6.07, 6.45) is 4.22. The Balaban J connectivity index is 2.29. The third kappa shape index (κ3) is 1.60. The first-order valence-electron chi connectivity index (χ1n) is 4.89. The van der Waals surface area contributed by atoms with E-state index >= 15 is 0 Å². The number of rotatable bonds is 1. The van der Waals surface area contributed by atoms with Crippen LogP contribution in [0.4, 0.5) is 5.69 Å². The van der Waals surface area contributed by atoms with Gasteiger partial charge in [0.2, 0.25) is 0 Å². The van der Waals surface area contributed by atoms with Crippen LogP contribution < -0.4 is 4.90 Å². The lowest BCUT2D eigenvalue weighted by atomic mass is 10.1. The summed E-state index contributed by atoms with van der Waals surface area (Å²) in [5, 5.41) is 0. The van der Waals surface area contributed by atoms with Gasteiger partial charge in [-0.25, -0.2) is 0 Å². The molecular formula is C12H16N2. The van der Waals surface area contributed by atoms with Gasteiger partial charge in [-0.3, -0.25) is 0 Å². The quantitative estimate of drug-likeness (QED) is 0.668. The van der Waals surface area contributed by atoms with Gasteiger partial charge in [-0.1, -0.05) is 17.7 Å². The van der Waals surface area contributed by atoms with Gasteiger partial charge in [-0.2, -0.15) is 0 Å². The minimum atomic E-state index is 0.948. The Labute approximate surface area is 85.4 Å². The highest BCUT2D eigenvalue weighted by molar-refractivity contribution is 5.57. The van der Waals surface area contributed by atoms with Crippen molar-refractivity contribution in [1.29, 1.82) is 0 Å². The van der Waals surface area contributed by atoms with E-state index in [1.807, 2.05) is 0 Å². The van der Waals surface area contributed by atoms with Gasteiger partial charge < -0.3 is 9.80 Å². The first-order chi connectivity index (χ1) is 6.66. The fourth-order valence-corrected chi connectivity index (χ4v) is 1.81. The summed E-state index contributed by atoms with van der Waals surface area (Å²) in [5.74, 6) is 0. The van der Waals surface area contributed by atoms with Crippen LogP contribution in [0.15, 0.2) is 30.6 Å². The average Bonchev–Trinajstić information content (AvgIpc) is 2.51. The van der Waals surface area contributed by atoms with E-state index in [1.54, 1.807) is 0 Å². The van der Waals surface area contributed by atoms with E-state index in [0.717, 1.165) is 6.67 Å². The lowest BCUT2D eigenvalue weighted by Gasteiger charge is -2.20. The number of hydrogen-bond donors (Lipinski definition) is 0. The Bertz CT molecular complexity index is 369. The van der Waals surface area contributed by atoms with Crippen molar-refractivity contribution in [2.24, 2.45) is 0 Å². The van der Waals surface area contributed by atoms with Crippen molar-refractivity contribution in [3.8, 4) is 0 Å². The Morgan fingerprint density at radius 3 is 2.50 bits per heavy atom. The van der Waals surface area contributed by atoms with E-state index in [4.69, 9.17) is 0 Å². The van der Waals surface area contributed by atoms with Gasteiger partial charge in [0.15, 0.2) is 0 Å². The fourth-order valence-electron chi connectivity index (χ4n) is 1.81. The van der Waals surface area contributed by atoms with Crippen LogP contribution in [0.25, 0.3) is 0 Å². The van der Waals surface area contributed by atoms with Crippen LogP contribution in [-0.4, -0.2) is 18.6 Å². The second-order valence-corrected chi connectivity index (χ2v) is 3.96. The standard InChI is InChI=1S/C12H16N2/c1-10-4-5-12(11(2)8-10)14-7-6-13(3)9-14/h4-8H,9H2,1-3H3. The molecule has 2 rings (SSSR count). The van der Waals surface area contributed by atoms with Crippen LogP contribution >= 0.6 is 0 Å². The molecule has 0 aromatic heterocycles. The molecule has 0 N–H and O–H groups in total. The monoisotopic (exact) mass is 188 g/mol. The van der Waals surface area contributed by atoms with Crippen LogP contribution in [0, 0.1) is 13.8 Å². The van der Waals surface area contributed by atoms with Gasteiger partial charge in [-0.15, -0.1) is 0 Å². The van der Waals surface area contributed by atoms with Crippen molar-refractivity contribution < 1.29 is 0 Å². The Morgan fingerprint density at radius 2 is 1.93 bits per heavy atom. The van der Waals surface area contributed by atoms with Gasteiger partial charge in [0, 0.05) is 25.1 Å². The number of nitrogens with zero attached hydrogens (tertiary/aromatic N) is 2. The highest BCUT2D eigenvalue weighted by Crippen LogP contribution is 2.23. The molecule has 1 aliphatic rings. The second kappa shape index (κ2) is 3.37. The zero-order chi connectivity index (χ0) is 10.1. The first-order valence-corrected chi connectivity index (χ1v) is 4.89. The topological polar surface area (TPSA) is 6.48 Å². The van der Waals surface area contributed by atoms with Gasteiger partial charge in [0.1, 0.15) is 0 Å².